The van der Waals surface area contributed by atoms with E-state index in [1.807, 2.05) is 0 Å². The highest BCUT2D eigenvalue weighted by molar-refractivity contribution is 7.89. The fourth-order valence-corrected chi connectivity index (χ4v) is 2.95. The number of halogens is 3. The smallest absolute Gasteiger partial charge is 0.322 e. The maximum atomic E-state index is 13.0. The molecule has 0 atom stereocenters. The van der Waals surface area contributed by atoms with Crippen LogP contribution in [0, 0.1) is 0 Å². The number of sulfonamides is 1. The lowest BCUT2D eigenvalue weighted by molar-refractivity contribution is -0.137. The highest BCUT2D eigenvalue weighted by Gasteiger charge is 2.34. The number of carbonyl (C=O) groups excluding carboxylic acids is 1. The Morgan fingerprint density at radius 2 is 1.56 bits per heavy atom. The Labute approximate surface area is 143 Å². The van der Waals surface area contributed by atoms with Gasteiger partial charge in [0.25, 0.3) is 5.91 Å². The predicted octanol–water partition coefficient (Wildman–Crippen LogP) is 3.21. The topological polar surface area (TPSA) is 66.5 Å². The number of carbonyl (C=O) groups is 1. The molecule has 0 aliphatic carbocycles. The van der Waals surface area contributed by atoms with Gasteiger partial charge < -0.3 is 5.32 Å². The van der Waals surface area contributed by atoms with Crippen LogP contribution in [0.1, 0.15) is 15.9 Å². The van der Waals surface area contributed by atoms with E-state index >= 15 is 0 Å². The highest BCUT2D eigenvalue weighted by Crippen LogP contribution is 2.32. The minimum absolute atomic E-state index is 0.00573. The van der Waals surface area contributed by atoms with Gasteiger partial charge in [-0.1, -0.05) is 12.1 Å². The maximum Gasteiger partial charge on any atom is 0.417 e. The number of alkyl halides is 3. The Bertz CT molecular complexity index is 876. The zero-order valence-corrected chi connectivity index (χ0v) is 14.1. The van der Waals surface area contributed by atoms with Gasteiger partial charge in [0, 0.05) is 19.8 Å². The first-order valence-corrected chi connectivity index (χ1v) is 8.47. The van der Waals surface area contributed by atoms with Crippen molar-refractivity contribution in [1.29, 1.82) is 0 Å². The van der Waals surface area contributed by atoms with E-state index in [2.05, 4.69) is 5.32 Å². The van der Waals surface area contributed by atoms with Crippen LogP contribution in [0.4, 0.5) is 18.9 Å². The lowest BCUT2D eigenvalue weighted by Crippen LogP contribution is -2.22. The molecule has 9 heteroatoms. The van der Waals surface area contributed by atoms with Crippen LogP contribution < -0.4 is 5.32 Å². The molecule has 0 fully saturated rings. The van der Waals surface area contributed by atoms with Crippen molar-refractivity contribution in [3.63, 3.8) is 0 Å². The lowest BCUT2D eigenvalue weighted by Gasteiger charge is -2.14. The van der Waals surface area contributed by atoms with E-state index < -0.39 is 33.2 Å². The van der Waals surface area contributed by atoms with Gasteiger partial charge in [0.15, 0.2) is 0 Å². The van der Waals surface area contributed by atoms with E-state index in [0.717, 1.165) is 16.4 Å². The van der Waals surface area contributed by atoms with Crippen molar-refractivity contribution >= 4 is 21.6 Å². The van der Waals surface area contributed by atoms with Gasteiger partial charge in [-0.05, 0) is 36.4 Å². The van der Waals surface area contributed by atoms with Crippen molar-refractivity contribution in [2.75, 3.05) is 19.4 Å². The van der Waals surface area contributed by atoms with E-state index in [9.17, 15) is 26.4 Å². The lowest BCUT2D eigenvalue weighted by atomic mass is 10.1. The summed E-state index contributed by atoms with van der Waals surface area (Å²) in [5, 5.41) is 2.33. The molecule has 2 aromatic rings. The van der Waals surface area contributed by atoms with Gasteiger partial charge in [0.1, 0.15) is 0 Å². The van der Waals surface area contributed by atoms with Gasteiger partial charge in [-0.25, -0.2) is 12.7 Å². The van der Waals surface area contributed by atoms with E-state index in [-0.39, 0.29) is 10.6 Å². The number of nitrogens with zero attached hydrogens (tertiary/aromatic N) is 1. The van der Waals surface area contributed by atoms with Crippen molar-refractivity contribution in [2.24, 2.45) is 0 Å². The molecule has 0 radical (unpaired) electrons. The van der Waals surface area contributed by atoms with Crippen molar-refractivity contribution in [3.05, 3.63) is 59.7 Å². The average molecular weight is 372 g/mol. The van der Waals surface area contributed by atoms with E-state index in [1.165, 1.54) is 50.5 Å². The maximum absolute atomic E-state index is 13.0. The third-order valence-corrected chi connectivity index (χ3v) is 5.20. The van der Waals surface area contributed by atoms with E-state index in [4.69, 9.17) is 0 Å². The number of hydrogen-bond donors (Lipinski definition) is 1. The van der Waals surface area contributed by atoms with Crippen molar-refractivity contribution in [1.82, 2.24) is 4.31 Å². The second-order valence-corrected chi connectivity index (χ2v) is 7.46. The molecule has 5 nitrogen and oxygen atoms in total. The van der Waals surface area contributed by atoms with Crippen molar-refractivity contribution in [3.8, 4) is 0 Å². The summed E-state index contributed by atoms with van der Waals surface area (Å²) >= 11 is 0. The number of anilines is 1. The summed E-state index contributed by atoms with van der Waals surface area (Å²) in [6.45, 7) is 0. The van der Waals surface area contributed by atoms with Crippen LogP contribution in [0.25, 0.3) is 0 Å². The Kier molecular flexibility index (Phi) is 5.19. The van der Waals surface area contributed by atoms with E-state index in [1.54, 1.807) is 0 Å². The molecule has 2 aromatic carbocycles. The van der Waals surface area contributed by atoms with Crippen molar-refractivity contribution in [2.45, 2.75) is 11.1 Å². The predicted molar refractivity (Wildman–Crippen MR) is 86.7 cm³/mol. The molecular formula is C16H15F3N2O3S. The summed E-state index contributed by atoms with van der Waals surface area (Å²) in [4.78, 5) is 12.1. The van der Waals surface area contributed by atoms with Crippen molar-refractivity contribution < 1.29 is 26.4 Å². The number of nitrogens with one attached hydrogen (secondary N) is 1. The molecule has 0 unspecified atom stereocenters. The van der Waals surface area contributed by atoms with E-state index in [0.29, 0.717) is 0 Å². The summed E-state index contributed by atoms with van der Waals surface area (Å²) in [5.41, 5.74) is -1.38. The van der Waals surface area contributed by atoms with Crippen LogP contribution in [0.5, 0.6) is 0 Å². The highest BCUT2D eigenvalue weighted by atomic mass is 32.2. The number of amides is 1. The second-order valence-electron chi connectivity index (χ2n) is 5.31. The Balaban J connectivity index is 2.26. The SMILES string of the molecule is CN(C)S(=O)(=O)c1ccc(NC(=O)c2ccccc2C(F)(F)F)cc1. The quantitative estimate of drug-likeness (QED) is 0.896. The first kappa shape index (κ1) is 18.9. The normalized spacial score (nSPS) is 12.2. The average Bonchev–Trinajstić information content (AvgIpc) is 2.54. The first-order valence-electron chi connectivity index (χ1n) is 7.03. The molecule has 1 amide bonds. The van der Waals surface area contributed by atoms with Gasteiger partial charge in [-0.15, -0.1) is 0 Å². The van der Waals surface area contributed by atoms with Crippen LogP contribution in [0.3, 0.4) is 0 Å². The van der Waals surface area contributed by atoms with Gasteiger partial charge in [-0.3, -0.25) is 4.79 Å². The molecule has 0 saturated carbocycles. The minimum Gasteiger partial charge on any atom is -0.322 e. The Morgan fingerprint density at radius 3 is 2.08 bits per heavy atom. The third-order valence-electron chi connectivity index (χ3n) is 3.37. The van der Waals surface area contributed by atoms with Gasteiger partial charge in [0.2, 0.25) is 10.0 Å². The summed E-state index contributed by atoms with van der Waals surface area (Å²) in [5.74, 6) is -0.934. The molecule has 1 N–H and O–H groups in total. The molecule has 25 heavy (non-hydrogen) atoms. The molecule has 0 saturated heterocycles. The molecule has 0 aliphatic rings. The number of benzene rings is 2. The van der Waals surface area contributed by atoms with Gasteiger partial charge in [0.05, 0.1) is 16.0 Å². The summed E-state index contributed by atoms with van der Waals surface area (Å²) in [7, 11) is -0.880. The summed E-state index contributed by atoms with van der Waals surface area (Å²) in [6.07, 6.45) is -4.66. The second kappa shape index (κ2) is 6.85. The van der Waals surface area contributed by atoms with Gasteiger partial charge in [-0.2, -0.15) is 13.2 Å². The zero-order valence-electron chi connectivity index (χ0n) is 13.3. The van der Waals surface area contributed by atoms with Crippen LogP contribution in [0.2, 0.25) is 0 Å². The molecule has 0 aliphatic heterocycles. The summed E-state index contributed by atoms with van der Waals surface area (Å²) in [6, 6.07) is 9.57. The first-order chi connectivity index (χ1) is 11.5. The summed E-state index contributed by atoms with van der Waals surface area (Å²) < 4.78 is 63.8. The Morgan fingerprint density at radius 1 is 1.00 bits per heavy atom. The molecule has 0 heterocycles. The van der Waals surface area contributed by atoms with Crippen LogP contribution in [-0.2, 0) is 16.2 Å². The Hall–Kier alpha value is -2.39. The van der Waals surface area contributed by atoms with Crippen LogP contribution >= 0.6 is 0 Å². The number of rotatable bonds is 4. The van der Waals surface area contributed by atoms with Crippen LogP contribution in [-0.4, -0.2) is 32.7 Å². The molecule has 0 aromatic heterocycles. The molecule has 134 valence electrons. The molecule has 0 spiro atoms. The fourth-order valence-electron chi connectivity index (χ4n) is 2.05. The molecule has 0 bridgehead atoms. The molecule has 2 rings (SSSR count). The number of hydrogen-bond acceptors (Lipinski definition) is 3. The van der Waals surface area contributed by atoms with Gasteiger partial charge >= 0.3 is 6.18 Å². The fraction of sp³-hybridized carbons (Fsp3) is 0.188. The largest absolute Gasteiger partial charge is 0.417 e. The zero-order chi connectivity index (χ0) is 18.8. The molecular weight excluding hydrogens is 357 g/mol. The third kappa shape index (κ3) is 4.18. The minimum atomic E-state index is -4.66. The standard InChI is InChI=1S/C16H15F3N2O3S/c1-21(2)25(23,24)12-9-7-11(8-10-12)20-15(22)13-5-3-4-6-14(13)16(17,18)19/h3-10H,1-2H3,(H,20,22). The van der Waals surface area contributed by atoms with Crippen LogP contribution in [0.15, 0.2) is 53.4 Å². The monoisotopic (exact) mass is 372 g/mol.